The number of rotatable bonds is 5. The lowest BCUT2D eigenvalue weighted by atomic mass is 10.1. The molecule has 1 unspecified atom stereocenters. The van der Waals surface area contributed by atoms with Crippen molar-refractivity contribution in [1.82, 2.24) is 4.90 Å². The monoisotopic (exact) mass is 285 g/mol. The highest BCUT2D eigenvalue weighted by Crippen LogP contribution is 2.23. The predicted molar refractivity (Wildman–Crippen MR) is 71.6 cm³/mol. The Bertz CT molecular complexity index is 341. The molecule has 2 nitrogen and oxygen atoms in total. The molecule has 1 aromatic carbocycles. The van der Waals surface area contributed by atoms with Gasteiger partial charge in [-0.15, -0.1) is 0 Å². The van der Waals surface area contributed by atoms with Crippen molar-refractivity contribution in [3.63, 3.8) is 0 Å². The molecular formula is C13H20BrNO. The van der Waals surface area contributed by atoms with Crippen LogP contribution in [-0.4, -0.2) is 23.1 Å². The average Bonchev–Trinajstić information content (AvgIpc) is 2.23. The summed E-state index contributed by atoms with van der Waals surface area (Å²) in [5, 5.41) is 9.45. The van der Waals surface area contributed by atoms with Gasteiger partial charge < -0.3 is 5.11 Å². The standard InChI is InChI=1S/C13H20BrNO/c1-4-5-10(2)15(3)9-11-8-12(16)6-7-13(11)14/h6-8,10,16H,4-5,9H2,1-3H3. The van der Waals surface area contributed by atoms with E-state index in [4.69, 9.17) is 0 Å². The lowest BCUT2D eigenvalue weighted by molar-refractivity contribution is 0.236. The summed E-state index contributed by atoms with van der Waals surface area (Å²) >= 11 is 3.51. The number of hydrogen-bond donors (Lipinski definition) is 1. The molecule has 1 aromatic rings. The van der Waals surface area contributed by atoms with Crippen LogP contribution in [0.4, 0.5) is 0 Å². The first-order chi connectivity index (χ1) is 7.54. The second-order valence-corrected chi connectivity index (χ2v) is 5.18. The maximum absolute atomic E-state index is 9.45. The van der Waals surface area contributed by atoms with E-state index in [0.717, 1.165) is 16.6 Å². The minimum Gasteiger partial charge on any atom is -0.508 e. The molecule has 0 heterocycles. The van der Waals surface area contributed by atoms with E-state index >= 15 is 0 Å². The third-order valence-corrected chi connectivity index (χ3v) is 3.68. The largest absolute Gasteiger partial charge is 0.508 e. The van der Waals surface area contributed by atoms with Gasteiger partial charge in [-0.05, 0) is 44.2 Å². The lowest BCUT2D eigenvalue weighted by Gasteiger charge is -2.24. The minimum absolute atomic E-state index is 0.328. The van der Waals surface area contributed by atoms with Crippen molar-refractivity contribution < 1.29 is 5.11 Å². The highest BCUT2D eigenvalue weighted by atomic mass is 79.9. The molecule has 0 fully saturated rings. The first-order valence-electron chi connectivity index (χ1n) is 5.72. The van der Waals surface area contributed by atoms with Gasteiger partial charge in [0.2, 0.25) is 0 Å². The van der Waals surface area contributed by atoms with Gasteiger partial charge in [0, 0.05) is 17.1 Å². The Labute approximate surface area is 106 Å². The molecule has 1 rings (SSSR count). The van der Waals surface area contributed by atoms with Gasteiger partial charge in [0.25, 0.3) is 0 Å². The molecule has 90 valence electrons. The van der Waals surface area contributed by atoms with Gasteiger partial charge in [-0.3, -0.25) is 4.90 Å². The summed E-state index contributed by atoms with van der Waals surface area (Å²) < 4.78 is 1.06. The number of halogens is 1. The molecule has 16 heavy (non-hydrogen) atoms. The highest BCUT2D eigenvalue weighted by Gasteiger charge is 2.10. The van der Waals surface area contributed by atoms with Crippen LogP contribution < -0.4 is 0 Å². The quantitative estimate of drug-likeness (QED) is 0.890. The van der Waals surface area contributed by atoms with E-state index in [9.17, 15) is 5.11 Å². The second-order valence-electron chi connectivity index (χ2n) is 4.33. The molecule has 3 heteroatoms. The van der Waals surface area contributed by atoms with Gasteiger partial charge >= 0.3 is 0 Å². The van der Waals surface area contributed by atoms with Crippen molar-refractivity contribution in [2.24, 2.45) is 0 Å². The summed E-state index contributed by atoms with van der Waals surface area (Å²) in [4.78, 5) is 2.31. The van der Waals surface area contributed by atoms with E-state index < -0.39 is 0 Å². The average molecular weight is 286 g/mol. The van der Waals surface area contributed by atoms with E-state index in [-0.39, 0.29) is 0 Å². The van der Waals surface area contributed by atoms with Crippen LogP contribution in [-0.2, 0) is 6.54 Å². The second kappa shape index (κ2) is 6.26. The summed E-state index contributed by atoms with van der Waals surface area (Å²) in [6.45, 7) is 5.30. The molecule has 1 atom stereocenters. The zero-order valence-electron chi connectivity index (χ0n) is 10.2. The molecular weight excluding hydrogens is 266 g/mol. The molecule has 0 bridgehead atoms. The Balaban J connectivity index is 2.68. The number of phenols is 1. The summed E-state index contributed by atoms with van der Waals surface area (Å²) in [7, 11) is 2.12. The Morgan fingerprint density at radius 3 is 2.75 bits per heavy atom. The van der Waals surface area contributed by atoms with Crippen LogP contribution in [0.1, 0.15) is 32.3 Å². The molecule has 0 saturated carbocycles. The van der Waals surface area contributed by atoms with E-state index in [0.29, 0.717) is 11.8 Å². The lowest BCUT2D eigenvalue weighted by Crippen LogP contribution is -2.28. The Kier molecular flexibility index (Phi) is 5.29. The van der Waals surface area contributed by atoms with Crippen molar-refractivity contribution in [3.8, 4) is 5.75 Å². The van der Waals surface area contributed by atoms with Crippen molar-refractivity contribution in [1.29, 1.82) is 0 Å². The zero-order chi connectivity index (χ0) is 12.1. The van der Waals surface area contributed by atoms with Gasteiger partial charge in [-0.2, -0.15) is 0 Å². The molecule has 0 aliphatic carbocycles. The normalized spacial score (nSPS) is 13.1. The molecule has 0 amide bonds. The van der Waals surface area contributed by atoms with Crippen LogP contribution in [0.5, 0.6) is 5.75 Å². The van der Waals surface area contributed by atoms with Crippen molar-refractivity contribution in [3.05, 3.63) is 28.2 Å². The van der Waals surface area contributed by atoms with Gasteiger partial charge in [0.1, 0.15) is 5.75 Å². The summed E-state index contributed by atoms with van der Waals surface area (Å²) in [6.07, 6.45) is 2.40. The fourth-order valence-electron chi connectivity index (χ4n) is 1.75. The van der Waals surface area contributed by atoms with Gasteiger partial charge in [-0.1, -0.05) is 29.3 Å². The van der Waals surface area contributed by atoms with Crippen LogP contribution in [0.25, 0.3) is 0 Å². The van der Waals surface area contributed by atoms with Gasteiger partial charge in [-0.25, -0.2) is 0 Å². The first-order valence-corrected chi connectivity index (χ1v) is 6.51. The van der Waals surface area contributed by atoms with E-state index in [1.54, 1.807) is 6.07 Å². The summed E-state index contributed by atoms with van der Waals surface area (Å²) in [5.74, 6) is 0.328. The molecule has 1 N–H and O–H groups in total. The maximum Gasteiger partial charge on any atom is 0.115 e. The molecule has 0 spiro atoms. The Morgan fingerprint density at radius 1 is 1.44 bits per heavy atom. The smallest absolute Gasteiger partial charge is 0.115 e. The fourth-order valence-corrected chi connectivity index (χ4v) is 2.12. The topological polar surface area (TPSA) is 23.5 Å². The van der Waals surface area contributed by atoms with E-state index in [1.807, 2.05) is 12.1 Å². The van der Waals surface area contributed by atoms with Crippen molar-refractivity contribution in [2.45, 2.75) is 39.3 Å². The van der Waals surface area contributed by atoms with E-state index in [2.05, 4.69) is 41.7 Å². The molecule has 0 aromatic heterocycles. The predicted octanol–water partition coefficient (Wildman–Crippen LogP) is 3.78. The summed E-state index contributed by atoms with van der Waals surface area (Å²) in [5.41, 5.74) is 1.13. The number of aromatic hydroxyl groups is 1. The van der Waals surface area contributed by atoms with Gasteiger partial charge in [0.15, 0.2) is 0 Å². The first kappa shape index (κ1) is 13.5. The molecule has 0 radical (unpaired) electrons. The zero-order valence-corrected chi connectivity index (χ0v) is 11.8. The molecule has 0 saturated heterocycles. The van der Waals surface area contributed by atoms with Crippen LogP contribution >= 0.6 is 15.9 Å². The minimum atomic E-state index is 0.328. The Morgan fingerprint density at radius 2 is 2.12 bits per heavy atom. The fraction of sp³-hybridized carbons (Fsp3) is 0.538. The number of nitrogens with zero attached hydrogens (tertiary/aromatic N) is 1. The van der Waals surface area contributed by atoms with Crippen molar-refractivity contribution >= 4 is 15.9 Å². The van der Waals surface area contributed by atoms with Crippen LogP contribution in [0.2, 0.25) is 0 Å². The molecule has 0 aliphatic heterocycles. The Hall–Kier alpha value is -0.540. The summed E-state index contributed by atoms with van der Waals surface area (Å²) in [6, 6.07) is 5.98. The SMILES string of the molecule is CCCC(C)N(C)Cc1cc(O)ccc1Br. The van der Waals surface area contributed by atoms with E-state index in [1.165, 1.54) is 12.8 Å². The van der Waals surface area contributed by atoms with Crippen LogP contribution in [0.15, 0.2) is 22.7 Å². The van der Waals surface area contributed by atoms with Crippen molar-refractivity contribution in [2.75, 3.05) is 7.05 Å². The van der Waals surface area contributed by atoms with Crippen LogP contribution in [0.3, 0.4) is 0 Å². The number of phenolic OH excluding ortho intramolecular Hbond substituents is 1. The third kappa shape index (κ3) is 3.80. The van der Waals surface area contributed by atoms with Crippen LogP contribution in [0, 0.1) is 0 Å². The highest BCUT2D eigenvalue weighted by molar-refractivity contribution is 9.10. The maximum atomic E-state index is 9.45. The number of benzene rings is 1. The molecule has 0 aliphatic rings. The van der Waals surface area contributed by atoms with Gasteiger partial charge in [0.05, 0.1) is 0 Å². The third-order valence-electron chi connectivity index (χ3n) is 2.91. The number of hydrogen-bond acceptors (Lipinski definition) is 2.